The number of imidazole rings is 1. The van der Waals surface area contributed by atoms with Gasteiger partial charge in [0.1, 0.15) is 11.3 Å². The number of aryl methyl sites for hydroxylation is 2. The van der Waals surface area contributed by atoms with Crippen LogP contribution in [0.25, 0.3) is 39.4 Å². The van der Waals surface area contributed by atoms with Gasteiger partial charge in [0.25, 0.3) is 0 Å². The van der Waals surface area contributed by atoms with Gasteiger partial charge in [0, 0.05) is 23.4 Å². The van der Waals surface area contributed by atoms with Crippen molar-refractivity contribution in [1.82, 2.24) is 35.2 Å². The quantitative estimate of drug-likeness (QED) is 0.473. The van der Waals surface area contributed by atoms with Gasteiger partial charge in [-0.1, -0.05) is 43.3 Å². The van der Waals surface area contributed by atoms with Crippen molar-refractivity contribution in [3.05, 3.63) is 72.2 Å². The molecule has 7 nitrogen and oxygen atoms in total. The molecule has 1 N–H and O–H groups in total. The molecule has 0 radical (unpaired) electrons. The van der Waals surface area contributed by atoms with Crippen molar-refractivity contribution in [3.63, 3.8) is 0 Å². The second-order valence-corrected chi connectivity index (χ2v) is 7.24. The molecule has 3 aromatic heterocycles. The summed E-state index contributed by atoms with van der Waals surface area (Å²) in [6.45, 7) is 4.18. The first-order valence-electron chi connectivity index (χ1n) is 10.0. The van der Waals surface area contributed by atoms with Crippen molar-refractivity contribution in [1.29, 1.82) is 0 Å². The van der Waals surface area contributed by atoms with Crippen LogP contribution in [0.3, 0.4) is 0 Å². The molecular formula is C23H21N7. The maximum absolute atomic E-state index is 4.82. The number of hydrogen-bond acceptors (Lipinski definition) is 5. The normalized spacial score (nSPS) is 11.3. The minimum atomic E-state index is 0.584. The third-order valence-corrected chi connectivity index (χ3v) is 5.14. The fourth-order valence-electron chi connectivity index (χ4n) is 3.76. The number of nitrogens with one attached hydrogen (secondary N) is 1. The van der Waals surface area contributed by atoms with E-state index in [4.69, 9.17) is 9.97 Å². The number of rotatable bonds is 5. The molecule has 0 spiro atoms. The molecule has 7 heteroatoms. The van der Waals surface area contributed by atoms with E-state index in [9.17, 15) is 0 Å². The smallest absolute Gasteiger partial charge is 0.205 e. The van der Waals surface area contributed by atoms with Gasteiger partial charge in [0.05, 0.1) is 0 Å². The molecule has 0 unspecified atom stereocenters. The maximum atomic E-state index is 4.82. The summed E-state index contributed by atoms with van der Waals surface area (Å²) in [7, 11) is 0. The molecule has 30 heavy (non-hydrogen) atoms. The van der Waals surface area contributed by atoms with Gasteiger partial charge in [0.15, 0.2) is 5.65 Å². The average molecular weight is 395 g/mol. The van der Waals surface area contributed by atoms with Crippen LogP contribution in [0.15, 0.2) is 60.7 Å². The van der Waals surface area contributed by atoms with E-state index in [0.29, 0.717) is 5.82 Å². The predicted octanol–water partition coefficient (Wildman–Crippen LogP) is 4.53. The van der Waals surface area contributed by atoms with Crippen molar-refractivity contribution in [2.45, 2.75) is 26.7 Å². The lowest BCUT2D eigenvalue weighted by Gasteiger charge is -2.11. The van der Waals surface area contributed by atoms with E-state index >= 15 is 0 Å². The number of tetrazole rings is 1. The molecule has 0 saturated heterocycles. The molecule has 5 aromatic rings. The van der Waals surface area contributed by atoms with Crippen LogP contribution in [0.2, 0.25) is 0 Å². The number of hydrogen-bond donors (Lipinski definition) is 1. The highest BCUT2D eigenvalue weighted by Crippen LogP contribution is 2.31. The predicted molar refractivity (Wildman–Crippen MR) is 116 cm³/mol. The fourth-order valence-corrected chi connectivity index (χ4v) is 3.76. The van der Waals surface area contributed by atoms with Gasteiger partial charge in [0.2, 0.25) is 5.82 Å². The summed E-state index contributed by atoms with van der Waals surface area (Å²) in [4.78, 5) is 9.58. The van der Waals surface area contributed by atoms with Gasteiger partial charge in [-0.3, -0.25) is 4.57 Å². The van der Waals surface area contributed by atoms with Crippen molar-refractivity contribution in [3.8, 4) is 28.2 Å². The van der Waals surface area contributed by atoms with Crippen molar-refractivity contribution in [2.24, 2.45) is 0 Å². The van der Waals surface area contributed by atoms with Crippen molar-refractivity contribution >= 4 is 11.2 Å². The Morgan fingerprint density at radius 1 is 0.900 bits per heavy atom. The number of fused-ring (bicyclic) bond motifs is 1. The van der Waals surface area contributed by atoms with Crippen molar-refractivity contribution < 1.29 is 0 Å². The summed E-state index contributed by atoms with van der Waals surface area (Å²) in [5, 5.41) is 14.5. The van der Waals surface area contributed by atoms with Crippen LogP contribution >= 0.6 is 0 Å². The van der Waals surface area contributed by atoms with Crippen LogP contribution in [0.5, 0.6) is 0 Å². The van der Waals surface area contributed by atoms with Crippen LogP contribution in [-0.2, 0) is 6.42 Å². The summed E-state index contributed by atoms with van der Waals surface area (Å²) in [6, 6.07) is 20.6. The number of H-pyrrole nitrogens is 1. The Bertz CT molecular complexity index is 1300. The van der Waals surface area contributed by atoms with Gasteiger partial charge in [-0.25, -0.2) is 9.97 Å². The molecule has 0 amide bonds. The van der Waals surface area contributed by atoms with E-state index in [1.807, 2.05) is 37.3 Å². The minimum absolute atomic E-state index is 0.584. The molecule has 2 aromatic carbocycles. The van der Waals surface area contributed by atoms with E-state index in [1.54, 1.807) is 0 Å². The number of aromatic nitrogens is 7. The first-order chi connectivity index (χ1) is 14.7. The molecule has 0 aliphatic rings. The molecule has 5 rings (SSSR count). The zero-order chi connectivity index (χ0) is 20.5. The van der Waals surface area contributed by atoms with Gasteiger partial charge >= 0.3 is 0 Å². The van der Waals surface area contributed by atoms with E-state index in [2.05, 4.69) is 62.4 Å². The van der Waals surface area contributed by atoms with Gasteiger partial charge in [-0.15, -0.1) is 10.2 Å². The standard InChI is InChI=1S/C23H21N7/c1-3-6-21-25-20-14-9-15(2)24-23(20)30(21)17-12-10-16(11-13-17)18-7-4-5-8-19(18)22-26-28-29-27-22/h4-5,7-14H,3,6H2,1-2H3,(H,26,27,28,29). The zero-order valence-corrected chi connectivity index (χ0v) is 16.9. The van der Waals surface area contributed by atoms with E-state index in [0.717, 1.165) is 57.9 Å². The lowest BCUT2D eigenvalue weighted by atomic mass is 9.99. The van der Waals surface area contributed by atoms with Gasteiger partial charge in [-0.05, 0) is 54.0 Å². The number of nitrogens with zero attached hydrogens (tertiary/aromatic N) is 6. The first kappa shape index (κ1) is 18.2. The molecular weight excluding hydrogens is 374 g/mol. The van der Waals surface area contributed by atoms with Crippen LogP contribution < -0.4 is 0 Å². The van der Waals surface area contributed by atoms with E-state index in [-0.39, 0.29) is 0 Å². The Labute approximate surface area is 173 Å². The Balaban J connectivity index is 1.61. The summed E-state index contributed by atoms with van der Waals surface area (Å²) in [5.74, 6) is 1.62. The van der Waals surface area contributed by atoms with Crippen LogP contribution in [-0.4, -0.2) is 35.2 Å². The van der Waals surface area contributed by atoms with Gasteiger partial charge in [-0.2, -0.15) is 5.21 Å². The van der Waals surface area contributed by atoms with Gasteiger partial charge < -0.3 is 0 Å². The van der Waals surface area contributed by atoms with E-state index < -0.39 is 0 Å². The highest BCUT2D eigenvalue weighted by molar-refractivity contribution is 5.81. The fraction of sp³-hybridized carbons (Fsp3) is 0.174. The van der Waals surface area contributed by atoms with Crippen LogP contribution in [0, 0.1) is 6.92 Å². The van der Waals surface area contributed by atoms with Crippen LogP contribution in [0.1, 0.15) is 24.9 Å². The molecule has 0 bridgehead atoms. The highest BCUT2D eigenvalue weighted by atomic mass is 15.5. The highest BCUT2D eigenvalue weighted by Gasteiger charge is 2.15. The minimum Gasteiger partial charge on any atom is -0.281 e. The Morgan fingerprint density at radius 3 is 2.43 bits per heavy atom. The molecule has 0 fully saturated rings. The monoisotopic (exact) mass is 395 g/mol. The van der Waals surface area contributed by atoms with E-state index in [1.165, 1.54) is 0 Å². The number of aromatic amines is 1. The Hall–Kier alpha value is -3.87. The molecule has 148 valence electrons. The Kier molecular flexibility index (Phi) is 4.55. The number of benzene rings is 2. The third kappa shape index (κ3) is 3.14. The lowest BCUT2D eigenvalue weighted by Crippen LogP contribution is -2.02. The zero-order valence-electron chi connectivity index (χ0n) is 16.9. The Morgan fingerprint density at radius 2 is 1.70 bits per heavy atom. The molecule has 0 aliphatic heterocycles. The first-order valence-corrected chi connectivity index (χ1v) is 10.0. The average Bonchev–Trinajstić information content (AvgIpc) is 3.42. The molecule has 0 atom stereocenters. The van der Waals surface area contributed by atoms with Crippen molar-refractivity contribution in [2.75, 3.05) is 0 Å². The maximum Gasteiger partial charge on any atom is 0.205 e. The largest absolute Gasteiger partial charge is 0.281 e. The molecule has 3 heterocycles. The number of pyridine rings is 1. The SMILES string of the molecule is CCCc1nc2ccc(C)nc2n1-c1ccc(-c2ccccc2-c2nn[nH]n2)cc1. The third-order valence-electron chi connectivity index (χ3n) is 5.14. The summed E-state index contributed by atoms with van der Waals surface area (Å²) in [5.41, 5.74) is 6.95. The molecule has 0 saturated carbocycles. The second-order valence-electron chi connectivity index (χ2n) is 7.24. The van der Waals surface area contributed by atoms with Crippen LogP contribution in [0.4, 0.5) is 0 Å². The summed E-state index contributed by atoms with van der Waals surface area (Å²) >= 11 is 0. The topological polar surface area (TPSA) is 85.2 Å². The summed E-state index contributed by atoms with van der Waals surface area (Å²) < 4.78 is 2.17. The summed E-state index contributed by atoms with van der Waals surface area (Å²) in [6.07, 6.45) is 1.93. The lowest BCUT2D eigenvalue weighted by molar-refractivity contribution is 0.815. The molecule has 0 aliphatic carbocycles. The second kappa shape index (κ2) is 7.51.